The van der Waals surface area contributed by atoms with Crippen molar-refractivity contribution in [3.8, 4) is 5.75 Å². The molecule has 2 aromatic rings. The van der Waals surface area contributed by atoms with E-state index in [0.717, 1.165) is 37.0 Å². The van der Waals surface area contributed by atoms with Crippen LogP contribution in [0, 0.1) is 23.2 Å². The number of hydrogen-bond donors (Lipinski definition) is 1. The lowest BCUT2D eigenvalue weighted by Crippen LogP contribution is -2.46. The zero-order valence-electron chi connectivity index (χ0n) is 17.5. The zero-order chi connectivity index (χ0) is 20.9. The average molecular weight is 404 g/mol. The van der Waals surface area contributed by atoms with Crippen LogP contribution in [0.1, 0.15) is 55.2 Å². The Morgan fingerprint density at radius 2 is 1.97 bits per heavy atom. The van der Waals surface area contributed by atoms with Crippen molar-refractivity contribution in [3.05, 3.63) is 65.2 Å². The number of ketones is 1. The Balaban J connectivity index is 1.39. The Labute approximate surface area is 177 Å². The number of fused-ring (bicyclic) bond motifs is 5. The molecule has 30 heavy (non-hydrogen) atoms. The predicted octanol–water partition coefficient (Wildman–Crippen LogP) is 4.40. The van der Waals surface area contributed by atoms with Gasteiger partial charge in [-0.25, -0.2) is 0 Å². The van der Waals surface area contributed by atoms with Gasteiger partial charge in [0.05, 0.1) is 0 Å². The predicted molar refractivity (Wildman–Crippen MR) is 115 cm³/mol. The van der Waals surface area contributed by atoms with Gasteiger partial charge >= 0.3 is 0 Å². The van der Waals surface area contributed by atoms with E-state index in [1.54, 1.807) is 0 Å². The molecule has 1 amide bonds. The lowest BCUT2D eigenvalue weighted by molar-refractivity contribution is -0.129. The summed E-state index contributed by atoms with van der Waals surface area (Å²) in [6.07, 6.45) is 4.17. The van der Waals surface area contributed by atoms with Crippen molar-refractivity contribution in [2.75, 3.05) is 0 Å². The van der Waals surface area contributed by atoms with Crippen LogP contribution in [0.2, 0.25) is 0 Å². The SMILES string of the molecule is C[C@]12CC[C@@H]3c4ccc(OCc5ccccc5)cc4CC[C@H]3[C@@H]1[C@@H](C(N)=O)CC2=O. The molecule has 4 nitrogen and oxygen atoms in total. The normalized spacial score (nSPS) is 32.1. The van der Waals surface area contributed by atoms with Gasteiger partial charge in [-0.3, -0.25) is 9.59 Å². The van der Waals surface area contributed by atoms with Gasteiger partial charge in [-0.15, -0.1) is 0 Å². The van der Waals surface area contributed by atoms with Crippen molar-refractivity contribution in [1.29, 1.82) is 0 Å². The number of primary amides is 1. The quantitative estimate of drug-likeness (QED) is 0.822. The maximum Gasteiger partial charge on any atom is 0.221 e. The number of benzene rings is 2. The fraction of sp³-hybridized carbons (Fsp3) is 0.462. The van der Waals surface area contributed by atoms with Gasteiger partial charge in [-0.1, -0.05) is 43.3 Å². The van der Waals surface area contributed by atoms with Gasteiger partial charge in [-0.05, 0) is 72.3 Å². The van der Waals surface area contributed by atoms with Gasteiger partial charge < -0.3 is 10.5 Å². The minimum absolute atomic E-state index is 0.0865. The third kappa shape index (κ3) is 3.05. The molecule has 0 aliphatic heterocycles. The molecule has 0 heterocycles. The van der Waals surface area contributed by atoms with E-state index in [9.17, 15) is 9.59 Å². The summed E-state index contributed by atoms with van der Waals surface area (Å²) >= 11 is 0. The highest BCUT2D eigenvalue weighted by Crippen LogP contribution is 2.61. The monoisotopic (exact) mass is 403 g/mol. The summed E-state index contributed by atoms with van der Waals surface area (Å²) in [6, 6.07) is 16.7. The van der Waals surface area contributed by atoms with E-state index in [2.05, 4.69) is 37.3 Å². The second-order valence-electron chi connectivity index (χ2n) is 9.56. The number of rotatable bonds is 4. The van der Waals surface area contributed by atoms with Gasteiger partial charge in [-0.2, -0.15) is 0 Å². The van der Waals surface area contributed by atoms with E-state index >= 15 is 0 Å². The smallest absolute Gasteiger partial charge is 0.221 e. The zero-order valence-corrected chi connectivity index (χ0v) is 17.5. The van der Waals surface area contributed by atoms with Gasteiger partial charge in [0.2, 0.25) is 5.91 Å². The molecule has 2 fully saturated rings. The maximum absolute atomic E-state index is 12.8. The largest absolute Gasteiger partial charge is 0.489 e. The highest BCUT2D eigenvalue weighted by Gasteiger charge is 2.60. The lowest BCUT2D eigenvalue weighted by Gasteiger charge is -2.49. The van der Waals surface area contributed by atoms with Crippen LogP contribution in [0.3, 0.4) is 0 Å². The molecular weight excluding hydrogens is 374 g/mol. The first-order valence-corrected chi connectivity index (χ1v) is 11.1. The molecule has 2 N–H and O–H groups in total. The van der Waals surface area contributed by atoms with Crippen molar-refractivity contribution in [3.63, 3.8) is 0 Å². The molecule has 0 bridgehead atoms. The molecule has 2 aromatic carbocycles. The van der Waals surface area contributed by atoms with Crippen LogP contribution in [0.5, 0.6) is 5.75 Å². The second-order valence-corrected chi connectivity index (χ2v) is 9.56. The van der Waals surface area contributed by atoms with Gasteiger partial charge in [0.15, 0.2) is 0 Å². The molecule has 0 aromatic heterocycles. The molecule has 0 spiro atoms. The number of ether oxygens (including phenoxy) is 1. The molecule has 5 rings (SSSR count). The molecule has 156 valence electrons. The van der Waals surface area contributed by atoms with E-state index in [1.165, 1.54) is 11.1 Å². The first-order chi connectivity index (χ1) is 14.5. The lowest BCUT2D eigenvalue weighted by atomic mass is 9.54. The average Bonchev–Trinajstić information content (AvgIpc) is 3.04. The Bertz CT molecular complexity index is 985. The van der Waals surface area contributed by atoms with Gasteiger partial charge in [0.25, 0.3) is 0 Å². The Morgan fingerprint density at radius 3 is 2.73 bits per heavy atom. The van der Waals surface area contributed by atoms with Gasteiger partial charge in [0, 0.05) is 17.8 Å². The number of carbonyl (C=O) groups excluding carboxylic acids is 2. The summed E-state index contributed by atoms with van der Waals surface area (Å²) in [5.74, 6) is 1.40. The molecule has 0 radical (unpaired) electrons. The third-order valence-electron chi connectivity index (χ3n) is 8.04. The summed E-state index contributed by atoms with van der Waals surface area (Å²) in [7, 11) is 0. The Morgan fingerprint density at radius 1 is 1.17 bits per heavy atom. The molecule has 3 aliphatic carbocycles. The van der Waals surface area contributed by atoms with Crippen LogP contribution in [-0.2, 0) is 22.6 Å². The number of nitrogens with two attached hydrogens (primary N) is 1. The van der Waals surface area contributed by atoms with Crippen molar-refractivity contribution in [2.24, 2.45) is 28.9 Å². The molecule has 2 saturated carbocycles. The van der Waals surface area contributed by atoms with Crippen LogP contribution in [0.15, 0.2) is 48.5 Å². The molecule has 3 aliphatic rings. The van der Waals surface area contributed by atoms with Crippen molar-refractivity contribution >= 4 is 11.7 Å². The molecule has 5 atom stereocenters. The summed E-state index contributed by atoms with van der Waals surface area (Å²) in [4.78, 5) is 24.9. The number of Topliss-reactive ketones (excluding diaryl/α,β-unsaturated/α-hetero) is 1. The van der Waals surface area contributed by atoms with E-state index in [-0.39, 0.29) is 28.9 Å². The molecule has 0 saturated heterocycles. The third-order valence-corrected chi connectivity index (χ3v) is 8.04. The Hall–Kier alpha value is -2.62. The second kappa shape index (κ2) is 7.26. The van der Waals surface area contributed by atoms with Crippen LogP contribution in [0.25, 0.3) is 0 Å². The summed E-state index contributed by atoms with van der Waals surface area (Å²) in [6.45, 7) is 2.64. The number of carbonyl (C=O) groups is 2. The van der Waals surface area contributed by atoms with Crippen LogP contribution in [-0.4, -0.2) is 11.7 Å². The summed E-state index contributed by atoms with van der Waals surface area (Å²) in [5.41, 5.74) is 9.25. The fourth-order valence-electron chi connectivity index (χ4n) is 6.54. The number of aryl methyl sites for hydroxylation is 1. The van der Waals surface area contributed by atoms with Crippen LogP contribution < -0.4 is 10.5 Å². The van der Waals surface area contributed by atoms with Gasteiger partial charge in [0.1, 0.15) is 18.1 Å². The van der Waals surface area contributed by atoms with Crippen molar-refractivity contribution in [2.45, 2.75) is 51.6 Å². The first-order valence-electron chi connectivity index (χ1n) is 11.1. The number of hydrogen-bond acceptors (Lipinski definition) is 3. The number of amides is 1. The topological polar surface area (TPSA) is 69.4 Å². The van der Waals surface area contributed by atoms with E-state index in [4.69, 9.17) is 10.5 Å². The van der Waals surface area contributed by atoms with Crippen molar-refractivity contribution < 1.29 is 14.3 Å². The van der Waals surface area contributed by atoms with Crippen LogP contribution >= 0.6 is 0 Å². The summed E-state index contributed by atoms with van der Waals surface area (Å²) in [5, 5.41) is 0. The standard InChI is InChI=1S/C26H29NO3/c1-26-12-11-20-19-10-8-18(30-15-16-5-3-2-4-6-16)13-17(19)7-9-21(20)24(26)22(25(27)29)14-23(26)28/h2-6,8,10,13,20-22,24H,7,9,11-12,14-15H2,1H3,(H2,27,29)/t20-,21-,22+,24-,26-/m1/s1. The van der Waals surface area contributed by atoms with Crippen molar-refractivity contribution in [1.82, 2.24) is 0 Å². The van der Waals surface area contributed by atoms with E-state index in [1.807, 2.05) is 18.2 Å². The van der Waals surface area contributed by atoms with Crippen LogP contribution in [0.4, 0.5) is 0 Å². The fourth-order valence-corrected chi connectivity index (χ4v) is 6.54. The highest BCUT2D eigenvalue weighted by molar-refractivity contribution is 5.94. The van der Waals surface area contributed by atoms with E-state index < -0.39 is 0 Å². The molecule has 0 unspecified atom stereocenters. The molecule has 4 heteroatoms. The minimum Gasteiger partial charge on any atom is -0.489 e. The first kappa shape index (κ1) is 19.3. The molecular formula is C26H29NO3. The Kier molecular flexibility index (Phi) is 4.68. The van der Waals surface area contributed by atoms with E-state index in [0.29, 0.717) is 24.9 Å². The summed E-state index contributed by atoms with van der Waals surface area (Å²) < 4.78 is 6.04. The minimum atomic E-state index is -0.378. The maximum atomic E-state index is 12.8. The highest BCUT2D eigenvalue weighted by atomic mass is 16.5.